The van der Waals surface area contributed by atoms with E-state index in [2.05, 4.69) is 0 Å². The number of hydrogen-bond donors (Lipinski definition) is 1. The molecule has 0 aromatic carbocycles. The Hall–Kier alpha value is -0.370. The normalized spacial score (nSPS) is 23.2. The molecule has 1 unspecified atom stereocenters. The van der Waals surface area contributed by atoms with Crippen molar-refractivity contribution in [2.45, 2.75) is 52.6 Å². The van der Waals surface area contributed by atoms with Crippen LogP contribution in [0.4, 0.5) is 0 Å². The molecule has 1 rings (SSSR count). The molecule has 2 nitrogen and oxygen atoms in total. The third kappa shape index (κ3) is 2.80. The molecule has 1 atom stereocenters. The van der Waals surface area contributed by atoms with Crippen LogP contribution in [-0.4, -0.2) is 17.0 Å². The van der Waals surface area contributed by atoms with Crippen molar-refractivity contribution in [3.8, 4) is 0 Å². The first kappa shape index (κ1) is 10.7. The van der Waals surface area contributed by atoms with Gasteiger partial charge in [0.1, 0.15) is 5.78 Å². The van der Waals surface area contributed by atoms with Gasteiger partial charge in [-0.2, -0.15) is 0 Å². The van der Waals surface area contributed by atoms with Crippen LogP contribution < -0.4 is 0 Å². The second kappa shape index (κ2) is 3.79. The molecule has 0 radical (unpaired) electrons. The molecule has 0 bridgehead atoms. The van der Waals surface area contributed by atoms with Gasteiger partial charge in [0.25, 0.3) is 0 Å². The van der Waals surface area contributed by atoms with Crippen LogP contribution >= 0.6 is 0 Å². The molecule has 0 heterocycles. The zero-order chi connectivity index (χ0) is 10.1. The van der Waals surface area contributed by atoms with Crippen molar-refractivity contribution < 1.29 is 9.90 Å². The van der Waals surface area contributed by atoms with Crippen LogP contribution in [0.3, 0.4) is 0 Å². The molecule has 0 aliphatic heterocycles. The molecule has 1 aliphatic carbocycles. The van der Waals surface area contributed by atoms with Gasteiger partial charge in [0, 0.05) is 12.8 Å². The predicted octanol–water partition coefficient (Wildman–Crippen LogP) is 2.15. The fraction of sp³-hybridized carbons (Fsp3) is 0.909. The minimum absolute atomic E-state index is 0.0505. The van der Waals surface area contributed by atoms with E-state index in [1.807, 2.05) is 20.8 Å². The maximum absolute atomic E-state index is 11.0. The summed E-state index contributed by atoms with van der Waals surface area (Å²) in [6.07, 6.45) is 2.81. The molecule has 1 aliphatic rings. The number of carbonyl (C=O) groups excluding carboxylic acids is 1. The van der Waals surface area contributed by atoms with Gasteiger partial charge in [0.15, 0.2) is 0 Å². The zero-order valence-electron chi connectivity index (χ0n) is 8.84. The van der Waals surface area contributed by atoms with Crippen LogP contribution in [0.2, 0.25) is 0 Å². The second-order valence-electron chi connectivity index (χ2n) is 5.19. The van der Waals surface area contributed by atoms with Crippen molar-refractivity contribution in [1.82, 2.24) is 0 Å². The van der Waals surface area contributed by atoms with Crippen LogP contribution in [0.1, 0.15) is 46.5 Å². The van der Waals surface area contributed by atoms with E-state index in [9.17, 15) is 9.90 Å². The van der Waals surface area contributed by atoms with Crippen molar-refractivity contribution in [3.05, 3.63) is 0 Å². The zero-order valence-corrected chi connectivity index (χ0v) is 8.84. The maximum Gasteiger partial charge on any atom is 0.132 e. The number of carbonyl (C=O) groups is 1. The van der Waals surface area contributed by atoms with Crippen molar-refractivity contribution in [3.63, 3.8) is 0 Å². The van der Waals surface area contributed by atoms with Crippen LogP contribution in [0.5, 0.6) is 0 Å². The first-order valence-electron chi connectivity index (χ1n) is 5.11. The number of rotatable bonds is 1. The van der Waals surface area contributed by atoms with Gasteiger partial charge >= 0.3 is 0 Å². The third-order valence-corrected chi connectivity index (χ3v) is 2.92. The van der Waals surface area contributed by atoms with E-state index in [0.29, 0.717) is 24.5 Å². The number of aliphatic hydroxyl groups excluding tert-OH is 1. The standard InChI is InChI=1S/C11H20O2/c1-11(2,3)10(13)8-4-6-9(12)7-5-8/h8,10,13H,4-7H2,1-3H3. The third-order valence-electron chi connectivity index (χ3n) is 2.92. The summed E-state index contributed by atoms with van der Waals surface area (Å²) in [6, 6.07) is 0. The fourth-order valence-electron chi connectivity index (χ4n) is 1.98. The Morgan fingerprint density at radius 2 is 1.77 bits per heavy atom. The van der Waals surface area contributed by atoms with Gasteiger partial charge in [-0.25, -0.2) is 0 Å². The van der Waals surface area contributed by atoms with Crippen LogP contribution in [0.15, 0.2) is 0 Å². The molecule has 2 heteroatoms. The summed E-state index contributed by atoms with van der Waals surface area (Å²) in [5.74, 6) is 0.690. The van der Waals surface area contributed by atoms with Crippen molar-refractivity contribution >= 4 is 5.78 Å². The highest BCUT2D eigenvalue weighted by atomic mass is 16.3. The highest BCUT2D eigenvalue weighted by molar-refractivity contribution is 5.79. The summed E-state index contributed by atoms with van der Waals surface area (Å²) < 4.78 is 0. The molecular formula is C11H20O2. The molecule has 0 spiro atoms. The summed E-state index contributed by atoms with van der Waals surface area (Å²) in [6.45, 7) is 6.15. The first-order valence-corrected chi connectivity index (χ1v) is 5.11. The molecule has 0 aromatic heterocycles. The fourth-order valence-corrected chi connectivity index (χ4v) is 1.98. The number of Topliss-reactive ketones (excluding diaryl/α,β-unsaturated/α-hetero) is 1. The van der Waals surface area contributed by atoms with Gasteiger partial charge in [0.05, 0.1) is 6.10 Å². The Bertz CT molecular complexity index is 181. The average Bonchev–Trinajstić information content (AvgIpc) is 2.03. The van der Waals surface area contributed by atoms with Crippen LogP contribution in [0.25, 0.3) is 0 Å². The Morgan fingerprint density at radius 1 is 1.31 bits per heavy atom. The van der Waals surface area contributed by atoms with Crippen LogP contribution in [-0.2, 0) is 4.79 Å². The monoisotopic (exact) mass is 184 g/mol. The molecule has 1 fully saturated rings. The summed E-state index contributed by atoms with van der Waals surface area (Å²) in [5.41, 5.74) is -0.0505. The molecule has 0 saturated heterocycles. The molecule has 1 saturated carbocycles. The molecule has 13 heavy (non-hydrogen) atoms. The van der Waals surface area contributed by atoms with Crippen molar-refractivity contribution in [2.24, 2.45) is 11.3 Å². The minimum Gasteiger partial charge on any atom is -0.392 e. The smallest absolute Gasteiger partial charge is 0.132 e. The summed E-state index contributed by atoms with van der Waals surface area (Å²) in [5, 5.41) is 9.99. The summed E-state index contributed by atoms with van der Waals surface area (Å²) in [7, 11) is 0. The maximum atomic E-state index is 11.0. The Labute approximate surface area is 80.3 Å². The lowest BCUT2D eigenvalue weighted by molar-refractivity contribution is -0.122. The van der Waals surface area contributed by atoms with Gasteiger partial charge in [0.2, 0.25) is 0 Å². The summed E-state index contributed by atoms with van der Waals surface area (Å²) in [4.78, 5) is 11.0. The first-order chi connectivity index (χ1) is 5.91. The molecular weight excluding hydrogens is 164 g/mol. The highest BCUT2D eigenvalue weighted by Crippen LogP contribution is 2.33. The van der Waals surface area contributed by atoms with Gasteiger partial charge in [-0.15, -0.1) is 0 Å². The quantitative estimate of drug-likeness (QED) is 0.678. The van der Waals surface area contributed by atoms with Gasteiger partial charge in [-0.3, -0.25) is 4.79 Å². The van der Waals surface area contributed by atoms with Gasteiger partial charge in [-0.05, 0) is 24.2 Å². The van der Waals surface area contributed by atoms with Crippen molar-refractivity contribution in [2.75, 3.05) is 0 Å². The number of ketones is 1. The summed E-state index contributed by atoms with van der Waals surface area (Å²) >= 11 is 0. The average molecular weight is 184 g/mol. The van der Waals surface area contributed by atoms with E-state index in [-0.39, 0.29) is 11.5 Å². The Balaban J connectivity index is 2.49. The largest absolute Gasteiger partial charge is 0.392 e. The van der Waals surface area contributed by atoms with E-state index in [4.69, 9.17) is 0 Å². The number of aliphatic hydroxyl groups is 1. The Kier molecular flexibility index (Phi) is 3.12. The Morgan fingerprint density at radius 3 is 2.15 bits per heavy atom. The van der Waals surface area contributed by atoms with Crippen LogP contribution in [0, 0.1) is 11.3 Å². The van der Waals surface area contributed by atoms with Gasteiger partial charge in [-0.1, -0.05) is 20.8 Å². The topological polar surface area (TPSA) is 37.3 Å². The van der Waals surface area contributed by atoms with E-state index < -0.39 is 0 Å². The number of hydrogen-bond acceptors (Lipinski definition) is 2. The lowest BCUT2D eigenvalue weighted by Crippen LogP contribution is -2.36. The van der Waals surface area contributed by atoms with E-state index in [1.165, 1.54) is 0 Å². The molecule has 76 valence electrons. The molecule has 0 aromatic rings. The van der Waals surface area contributed by atoms with E-state index in [1.54, 1.807) is 0 Å². The van der Waals surface area contributed by atoms with E-state index >= 15 is 0 Å². The van der Waals surface area contributed by atoms with E-state index in [0.717, 1.165) is 12.8 Å². The predicted molar refractivity (Wildman–Crippen MR) is 52.4 cm³/mol. The lowest BCUT2D eigenvalue weighted by atomic mass is 9.75. The van der Waals surface area contributed by atoms with Crippen molar-refractivity contribution in [1.29, 1.82) is 0 Å². The molecule has 1 N–H and O–H groups in total. The molecule has 0 amide bonds. The highest BCUT2D eigenvalue weighted by Gasteiger charge is 2.32. The minimum atomic E-state index is -0.263. The van der Waals surface area contributed by atoms with Gasteiger partial charge < -0.3 is 5.11 Å². The SMILES string of the molecule is CC(C)(C)C(O)C1CCC(=O)CC1. The second-order valence-corrected chi connectivity index (χ2v) is 5.19. The lowest BCUT2D eigenvalue weighted by Gasteiger charge is -2.34.